The van der Waals surface area contributed by atoms with Crippen molar-refractivity contribution >= 4 is 32.7 Å². The Morgan fingerprint density at radius 2 is 1.75 bits per heavy atom. The molecule has 0 unspecified atom stereocenters. The zero-order valence-corrected chi connectivity index (χ0v) is 17.8. The van der Waals surface area contributed by atoms with E-state index >= 15 is 0 Å². The molecule has 5 heteroatoms. The summed E-state index contributed by atoms with van der Waals surface area (Å²) in [4.78, 5) is 15.2. The summed E-state index contributed by atoms with van der Waals surface area (Å²) in [6.07, 6.45) is 2.02. The molecular formula is C23H26BrN3O. The number of amides is 1. The first-order valence-electron chi connectivity index (χ1n) is 9.91. The molecule has 2 heterocycles. The zero-order chi connectivity index (χ0) is 19.5. The molecule has 1 aromatic heterocycles. The molecule has 0 radical (unpaired) electrons. The third kappa shape index (κ3) is 4.15. The van der Waals surface area contributed by atoms with E-state index in [2.05, 4.69) is 80.1 Å². The lowest BCUT2D eigenvalue weighted by atomic mass is 10.0. The van der Waals surface area contributed by atoms with Crippen LogP contribution in [-0.4, -0.2) is 34.5 Å². The van der Waals surface area contributed by atoms with Gasteiger partial charge in [0.05, 0.1) is 0 Å². The number of likely N-dealkylation sites (tertiary alicyclic amines) is 1. The summed E-state index contributed by atoms with van der Waals surface area (Å²) in [5.41, 5.74) is 3.54. The van der Waals surface area contributed by atoms with Gasteiger partial charge in [-0.25, -0.2) is 0 Å². The summed E-state index contributed by atoms with van der Waals surface area (Å²) in [7, 11) is 0. The minimum atomic E-state index is 0.0952. The van der Waals surface area contributed by atoms with Crippen molar-refractivity contribution in [3.05, 3.63) is 70.3 Å². The molecule has 1 amide bonds. The normalized spacial score (nSPS) is 15.8. The number of halogens is 1. The van der Waals surface area contributed by atoms with Gasteiger partial charge < -0.3 is 9.88 Å². The molecule has 1 fully saturated rings. The van der Waals surface area contributed by atoms with Gasteiger partial charge in [0.25, 0.3) is 0 Å². The van der Waals surface area contributed by atoms with E-state index in [1.807, 2.05) is 12.1 Å². The van der Waals surface area contributed by atoms with Crippen LogP contribution in [-0.2, 0) is 17.9 Å². The average molecular weight is 440 g/mol. The van der Waals surface area contributed by atoms with Crippen molar-refractivity contribution in [2.45, 2.75) is 38.9 Å². The molecule has 4 rings (SSSR count). The van der Waals surface area contributed by atoms with Crippen molar-refractivity contribution in [3.63, 3.8) is 0 Å². The molecule has 0 spiro atoms. The van der Waals surface area contributed by atoms with Crippen LogP contribution in [0.1, 0.15) is 24.1 Å². The largest absolute Gasteiger partial charge is 0.352 e. The van der Waals surface area contributed by atoms with Gasteiger partial charge in [-0.05, 0) is 47.3 Å². The van der Waals surface area contributed by atoms with Crippen molar-refractivity contribution in [2.24, 2.45) is 0 Å². The second-order valence-electron chi connectivity index (χ2n) is 7.61. The Morgan fingerprint density at radius 1 is 1.07 bits per heavy atom. The van der Waals surface area contributed by atoms with Gasteiger partial charge in [-0.1, -0.05) is 48.5 Å². The number of carbonyl (C=O) groups is 1. The van der Waals surface area contributed by atoms with Crippen LogP contribution in [0.5, 0.6) is 0 Å². The van der Waals surface area contributed by atoms with Gasteiger partial charge >= 0.3 is 0 Å². The third-order valence-corrected chi connectivity index (χ3v) is 6.66. The second kappa shape index (κ2) is 8.50. The zero-order valence-electron chi connectivity index (χ0n) is 16.2. The third-order valence-electron chi connectivity index (χ3n) is 5.66. The molecular weight excluding hydrogens is 414 g/mol. The van der Waals surface area contributed by atoms with Gasteiger partial charge in [-0.15, -0.1) is 0 Å². The fourth-order valence-corrected chi connectivity index (χ4v) is 4.64. The lowest BCUT2D eigenvalue weighted by Gasteiger charge is -2.32. The smallest absolute Gasteiger partial charge is 0.240 e. The van der Waals surface area contributed by atoms with E-state index in [0.717, 1.165) is 53.5 Å². The highest BCUT2D eigenvalue weighted by atomic mass is 79.9. The highest BCUT2D eigenvalue weighted by Crippen LogP contribution is 2.30. The van der Waals surface area contributed by atoms with Crippen LogP contribution in [0.2, 0.25) is 0 Å². The lowest BCUT2D eigenvalue weighted by molar-refractivity contribution is -0.122. The second-order valence-corrected chi connectivity index (χ2v) is 8.40. The van der Waals surface area contributed by atoms with E-state index < -0.39 is 0 Å². The van der Waals surface area contributed by atoms with E-state index in [-0.39, 0.29) is 11.9 Å². The molecule has 28 heavy (non-hydrogen) atoms. The summed E-state index contributed by atoms with van der Waals surface area (Å²) in [5.74, 6) is 0.0952. The van der Waals surface area contributed by atoms with Crippen LogP contribution in [0.25, 0.3) is 10.9 Å². The van der Waals surface area contributed by atoms with Crippen LogP contribution < -0.4 is 5.32 Å². The number of para-hydroxylation sites is 1. The molecule has 1 N–H and O–H groups in total. The standard InChI is InChI=1S/C23H26BrN3O/c1-17-23(24)20-9-5-6-10-21(20)27(17)16-22(28)25-19-11-13-26(14-12-19)15-18-7-3-2-4-8-18/h2-10,19H,11-16H2,1H3,(H,25,28). The van der Waals surface area contributed by atoms with Crippen molar-refractivity contribution in [1.82, 2.24) is 14.8 Å². The van der Waals surface area contributed by atoms with E-state index in [1.54, 1.807) is 0 Å². The van der Waals surface area contributed by atoms with Gasteiger partial charge in [-0.2, -0.15) is 0 Å². The van der Waals surface area contributed by atoms with E-state index in [4.69, 9.17) is 0 Å². The molecule has 0 bridgehead atoms. The summed E-state index contributed by atoms with van der Waals surface area (Å²) >= 11 is 3.67. The topological polar surface area (TPSA) is 37.3 Å². The van der Waals surface area contributed by atoms with Crippen molar-refractivity contribution in [2.75, 3.05) is 13.1 Å². The Morgan fingerprint density at radius 3 is 2.50 bits per heavy atom. The van der Waals surface area contributed by atoms with Gasteiger partial charge in [0.15, 0.2) is 0 Å². The Kier molecular flexibility index (Phi) is 5.83. The predicted octanol–water partition coefficient (Wildman–Crippen LogP) is 4.49. The Bertz CT molecular complexity index is 959. The van der Waals surface area contributed by atoms with Crippen molar-refractivity contribution in [1.29, 1.82) is 0 Å². The number of hydrogen-bond acceptors (Lipinski definition) is 2. The minimum Gasteiger partial charge on any atom is -0.352 e. The quantitative estimate of drug-likeness (QED) is 0.635. The van der Waals surface area contributed by atoms with Gasteiger partial charge in [-0.3, -0.25) is 9.69 Å². The molecule has 0 atom stereocenters. The van der Waals surface area contributed by atoms with Crippen LogP contribution >= 0.6 is 15.9 Å². The molecule has 1 aliphatic rings. The summed E-state index contributed by atoms with van der Waals surface area (Å²) in [5, 5.41) is 4.41. The number of fused-ring (bicyclic) bond motifs is 1. The highest BCUT2D eigenvalue weighted by Gasteiger charge is 2.21. The van der Waals surface area contributed by atoms with Crippen LogP contribution in [0.15, 0.2) is 59.1 Å². The highest BCUT2D eigenvalue weighted by molar-refractivity contribution is 9.10. The first-order chi connectivity index (χ1) is 13.6. The predicted molar refractivity (Wildman–Crippen MR) is 117 cm³/mol. The monoisotopic (exact) mass is 439 g/mol. The van der Waals surface area contributed by atoms with Crippen LogP contribution in [0.4, 0.5) is 0 Å². The molecule has 1 saturated heterocycles. The SMILES string of the molecule is Cc1c(Br)c2ccccc2n1CC(=O)NC1CCN(Cc2ccccc2)CC1. The number of rotatable bonds is 5. The van der Waals surface area contributed by atoms with Gasteiger partial charge in [0.1, 0.15) is 6.54 Å². The molecule has 4 nitrogen and oxygen atoms in total. The average Bonchev–Trinajstić information content (AvgIpc) is 2.95. The molecule has 0 aliphatic carbocycles. The molecule has 3 aromatic rings. The maximum absolute atomic E-state index is 12.7. The Balaban J connectivity index is 1.33. The molecule has 146 valence electrons. The molecule has 2 aromatic carbocycles. The van der Waals surface area contributed by atoms with E-state index in [0.29, 0.717) is 6.54 Å². The number of hydrogen-bond donors (Lipinski definition) is 1. The first kappa shape index (κ1) is 19.2. The van der Waals surface area contributed by atoms with E-state index in [1.165, 1.54) is 5.56 Å². The number of piperidine rings is 1. The summed E-state index contributed by atoms with van der Waals surface area (Å²) < 4.78 is 3.17. The number of aromatic nitrogens is 1. The van der Waals surface area contributed by atoms with Crippen LogP contribution in [0, 0.1) is 6.92 Å². The number of nitrogens with zero attached hydrogens (tertiary/aromatic N) is 2. The van der Waals surface area contributed by atoms with Crippen LogP contribution in [0.3, 0.4) is 0 Å². The number of benzene rings is 2. The molecule has 0 saturated carbocycles. The summed E-state index contributed by atoms with van der Waals surface area (Å²) in [6, 6.07) is 19.1. The van der Waals surface area contributed by atoms with Gasteiger partial charge in [0, 0.05) is 46.7 Å². The minimum absolute atomic E-state index is 0.0952. The number of carbonyl (C=O) groups excluding carboxylic acids is 1. The fraction of sp³-hybridized carbons (Fsp3) is 0.348. The van der Waals surface area contributed by atoms with Gasteiger partial charge in [0.2, 0.25) is 5.91 Å². The first-order valence-corrected chi connectivity index (χ1v) is 10.7. The van der Waals surface area contributed by atoms with Crippen molar-refractivity contribution in [3.8, 4) is 0 Å². The molecule has 1 aliphatic heterocycles. The Hall–Kier alpha value is -2.11. The fourth-order valence-electron chi connectivity index (χ4n) is 4.09. The van der Waals surface area contributed by atoms with Crippen molar-refractivity contribution < 1.29 is 4.79 Å². The lowest BCUT2D eigenvalue weighted by Crippen LogP contribution is -2.45. The van der Waals surface area contributed by atoms with E-state index in [9.17, 15) is 4.79 Å². The maximum atomic E-state index is 12.7. The Labute approximate surface area is 174 Å². The summed E-state index contributed by atoms with van der Waals surface area (Å²) in [6.45, 7) is 5.46. The number of nitrogens with one attached hydrogen (secondary N) is 1. The maximum Gasteiger partial charge on any atom is 0.240 e.